The number of aromatic nitrogens is 1. The van der Waals surface area contributed by atoms with Gasteiger partial charge in [-0.2, -0.15) is 0 Å². The summed E-state index contributed by atoms with van der Waals surface area (Å²) in [6, 6.07) is 7.76. The fraction of sp³-hybridized carbons (Fsp3) is 0.421. The lowest BCUT2D eigenvalue weighted by molar-refractivity contribution is -0.119. The topological polar surface area (TPSA) is 75.4 Å². The molecule has 25 heavy (non-hydrogen) atoms. The van der Waals surface area contributed by atoms with Crippen molar-refractivity contribution >= 4 is 17.5 Å². The number of nitrogens with zero attached hydrogens (tertiary/aromatic N) is 2. The highest BCUT2D eigenvalue weighted by Gasteiger charge is 2.21. The summed E-state index contributed by atoms with van der Waals surface area (Å²) < 4.78 is 5.11. The van der Waals surface area contributed by atoms with Crippen molar-refractivity contribution in [3.05, 3.63) is 46.8 Å². The Hall–Kier alpha value is -2.63. The van der Waals surface area contributed by atoms with E-state index in [0.717, 1.165) is 30.6 Å². The number of carbonyl (C=O) groups is 2. The Labute approximate surface area is 147 Å². The Balaban J connectivity index is 1.69. The molecule has 6 nitrogen and oxygen atoms in total. The van der Waals surface area contributed by atoms with Gasteiger partial charge in [0.15, 0.2) is 0 Å². The lowest BCUT2D eigenvalue weighted by Gasteiger charge is -2.27. The summed E-state index contributed by atoms with van der Waals surface area (Å²) in [5.41, 5.74) is 3.04. The van der Waals surface area contributed by atoms with E-state index in [1.165, 1.54) is 0 Å². The maximum atomic E-state index is 12.4. The molecule has 1 aromatic carbocycles. The van der Waals surface area contributed by atoms with Crippen molar-refractivity contribution < 1.29 is 14.1 Å². The largest absolute Gasteiger partial charge is 0.361 e. The lowest BCUT2D eigenvalue weighted by atomic mass is 10.1. The van der Waals surface area contributed by atoms with Gasteiger partial charge in [-0.25, -0.2) is 0 Å². The Kier molecular flexibility index (Phi) is 5.16. The molecule has 0 atom stereocenters. The zero-order chi connectivity index (χ0) is 17.8. The van der Waals surface area contributed by atoms with Crippen molar-refractivity contribution in [2.75, 3.05) is 11.4 Å². The van der Waals surface area contributed by atoms with Crippen LogP contribution in [0.25, 0.3) is 0 Å². The van der Waals surface area contributed by atoms with Gasteiger partial charge in [0.05, 0.1) is 5.69 Å². The second kappa shape index (κ2) is 7.51. The van der Waals surface area contributed by atoms with Gasteiger partial charge in [0.1, 0.15) is 11.3 Å². The highest BCUT2D eigenvalue weighted by molar-refractivity contribution is 5.96. The van der Waals surface area contributed by atoms with Crippen LogP contribution in [0.2, 0.25) is 0 Å². The monoisotopic (exact) mass is 341 g/mol. The van der Waals surface area contributed by atoms with Crippen molar-refractivity contribution in [1.29, 1.82) is 0 Å². The first-order chi connectivity index (χ1) is 12.1. The maximum Gasteiger partial charge on any atom is 0.257 e. The molecule has 2 amide bonds. The van der Waals surface area contributed by atoms with Gasteiger partial charge in [0, 0.05) is 25.2 Å². The number of piperidine rings is 1. The minimum absolute atomic E-state index is 0.167. The van der Waals surface area contributed by atoms with E-state index in [0.29, 0.717) is 36.4 Å². The van der Waals surface area contributed by atoms with Gasteiger partial charge in [-0.15, -0.1) is 0 Å². The smallest absolute Gasteiger partial charge is 0.257 e. The second-order valence-corrected chi connectivity index (χ2v) is 6.27. The van der Waals surface area contributed by atoms with Crippen LogP contribution in [0.3, 0.4) is 0 Å². The van der Waals surface area contributed by atoms with Gasteiger partial charge in [0.2, 0.25) is 5.91 Å². The van der Waals surface area contributed by atoms with E-state index in [2.05, 4.69) is 10.5 Å². The molecule has 2 aromatic rings. The number of aryl methyl sites for hydroxylation is 2. The molecule has 1 aliphatic rings. The molecule has 6 heteroatoms. The van der Waals surface area contributed by atoms with Gasteiger partial charge in [-0.3, -0.25) is 9.59 Å². The van der Waals surface area contributed by atoms with Crippen molar-refractivity contribution in [3.8, 4) is 0 Å². The van der Waals surface area contributed by atoms with Crippen molar-refractivity contribution in [3.63, 3.8) is 0 Å². The average Bonchev–Trinajstić information content (AvgIpc) is 3.01. The first-order valence-corrected chi connectivity index (χ1v) is 8.72. The number of hydrogen-bond donors (Lipinski definition) is 1. The number of rotatable bonds is 5. The van der Waals surface area contributed by atoms with Gasteiger partial charge in [0.25, 0.3) is 5.91 Å². The molecular formula is C19H23N3O3. The standard InChI is InChI=1S/C19H23N3O3/c1-3-16-18(13(2)25-21-16)19(24)20-12-14-7-6-8-15(11-14)22-10-5-4-9-17(22)23/h6-8,11H,3-5,9-10,12H2,1-2H3,(H,20,24). The summed E-state index contributed by atoms with van der Waals surface area (Å²) in [4.78, 5) is 26.3. The van der Waals surface area contributed by atoms with Crippen LogP contribution in [0.15, 0.2) is 28.8 Å². The molecule has 0 spiro atoms. The van der Waals surface area contributed by atoms with Crippen LogP contribution in [0.4, 0.5) is 5.69 Å². The number of nitrogens with one attached hydrogen (secondary N) is 1. The predicted molar refractivity (Wildman–Crippen MR) is 94.4 cm³/mol. The van der Waals surface area contributed by atoms with Crippen LogP contribution in [0, 0.1) is 6.92 Å². The van der Waals surface area contributed by atoms with Crippen LogP contribution in [-0.2, 0) is 17.8 Å². The van der Waals surface area contributed by atoms with E-state index in [9.17, 15) is 9.59 Å². The van der Waals surface area contributed by atoms with Crippen LogP contribution < -0.4 is 10.2 Å². The molecule has 1 N–H and O–H groups in total. The normalized spacial score (nSPS) is 14.6. The van der Waals surface area contributed by atoms with Crippen LogP contribution >= 0.6 is 0 Å². The highest BCUT2D eigenvalue weighted by Crippen LogP contribution is 2.22. The third-order valence-electron chi connectivity index (χ3n) is 4.49. The van der Waals surface area contributed by atoms with Gasteiger partial charge >= 0.3 is 0 Å². The summed E-state index contributed by atoms with van der Waals surface area (Å²) in [5.74, 6) is 0.511. The average molecular weight is 341 g/mol. The molecule has 0 radical (unpaired) electrons. The van der Waals surface area contributed by atoms with Gasteiger partial charge in [-0.1, -0.05) is 24.2 Å². The lowest BCUT2D eigenvalue weighted by Crippen LogP contribution is -2.35. The molecule has 1 aliphatic heterocycles. The summed E-state index contributed by atoms with van der Waals surface area (Å²) in [6.07, 6.45) is 3.24. The molecular weight excluding hydrogens is 318 g/mol. The third kappa shape index (κ3) is 3.73. The SMILES string of the molecule is CCc1noc(C)c1C(=O)NCc1cccc(N2CCCCC2=O)c1. The third-order valence-corrected chi connectivity index (χ3v) is 4.49. The molecule has 0 bridgehead atoms. The fourth-order valence-corrected chi connectivity index (χ4v) is 3.13. The number of amides is 2. The molecule has 1 aromatic heterocycles. The maximum absolute atomic E-state index is 12.4. The predicted octanol–water partition coefficient (Wildman–Crippen LogP) is 2.99. The molecule has 1 saturated heterocycles. The second-order valence-electron chi connectivity index (χ2n) is 6.27. The summed E-state index contributed by atoms with van der Waals surface area (Å²) in [7, 11) is 0. The zero-order valence-corrected chi connectivity index (χ0v) is 14.7. The Morgan fingerprint density at radius 1 is 1.36 bits per heavy atom. The van der Waals surface area contributed by atoms with E-state index in [1.54, 1.807) is 6.92 Å². The number of hydrogen-bond acceptors (Lipinski definition) is 4. The summed E-state index contributed by atoms with van der Waals surface area (Å²) in [6.45, 7) is 4.83. The molecule has 0 saturated carbocycles. The van der Waals surface area contributed by atoms with E-state index in [1.807, 2.05) is 36.1 Å². The van der Waals surface area contributed by atoms with Gasteiger partial charge < -0.3 is 14.7 Å². The Morgan fingerprint density at radius 3 is 2.96 bits per heavy atom. The Morgan fingerprint density at radius 2 is 2.20 bits per heavy atom. The first-order valence-electron chi connectivity index (χ1n) is 8.72. The highest BCUT2D eigenvalue weighted by atomic mass is 16.5. The van der Waals surface area contributed by atoms with Crippen molar-refractivity contribution in [1.82, 2.24) is 10.5 Å². The molecule has 0 aliphatic carbocycles. The van der Waals surface area contributed by atoms with E-state index < -0.39 is 0 Å². The molecule has 2 heterocycles. The van der Waals surface area contributed by atoms with Crippen LogP contribution in [0.1, 0.15) is 53.6 Å². The summed E-state index contributed by atoms with van der Waals surface area (Å²) in [5, 5.41) is 6.83. The van der Waals surface area contributed by atoms with Crippen molar-refractivity contribution in [2.45, 2.75) is 46.1 Å². The molecule has 0 unspecified atom stereocenters. The number of benzene rings is 1. The fourth-order valence-electron chi connectivity index (χ4n) is 3.13. The van der Waals surface area contributed by atoms with E-state index in [4.69, 9.17) is 4.52 Å². The minimum Gasteiger partial charge on any atom is -0.361 e. The molecule has 1 fully saturated rings. The number of carbonyl (C=O) groups excluding carboxylic acids is 2. The minimum atomic E-state index is -0.185. The number of anilines is 1. The van der Waals surface area contributed by atoms with E-state index in [-0.39, 0.29) is 11.8 Å². The zero-order valence-electron chi connectivity index (χ0n) is 14.7. The van der Waals surface area contributed by atoms with E-state index >= 15 is 0 Å². The Bertz CT molecular complexity index is 782. The van der Waals surface area contributed by atoms with Crippen LogP contribution in [-0.4, -0.2) is 23.5 Å². The molecule has 3 rings (SSSR count). The first kappa shape index (κ1) is 17.2. The van der Waals surface area contributed by atoms with Crippen LogP contribution in [0.5, 0.6) is 0 Å². The van der Waals surface area contributed by atoms with Gasteiger partial charge in [-0.05, 0) is 43.9 Å². The molecule has 132 valence electrons. The quantitative estimate of drug-likeness (QED) is 0.907. The summed E-state index contributed by atoms with van der Waals surface area (Å²) >= 11 is 0. The van der Waals surface area contributed by atoms with Crippen molar-refractivity contribution in [2.24, 2.45) is 0 Å².